The third-order valence-corrected chi connectivity index (χ3v) is 5.83. The maximum Gasteiger partial charge on any atom is 0.226 e. The lowest BCUT2D eigenvalue weighted by Crippen LogP contribution is -2.40. The number of amides is 1. The van der Waals surface area contributed by atoms with Gasteiger partial charge >= 0.3 is 0 Å². The fraction of sp³-hybridized carbons (Fsp3) is 0.391. The van der Waals surface area contributed by atoms with Crippen molar-refractivity contribution >= 4 is 23.2 Å². The summed E-state index contributed by atoms with van der Waals surface area (Å²) >= 11 is 6.13. The zero-order chi connectivity index (χ0) is 20.2. The smallest absolute Gasteiger partial charge is 0.226 e. The molecule has 0 aromatic heterocycles. The van der Waals surface area contributed by atoms with Crippen LogP contribution in [0.2, 0.25) is 5.02 Å². The van der Waals surface area contributed by atoms with Crippen molar-refractivity contribution in [3.63, 3.8) is 0 Å². The van der Waals surface area contributed by atoms with Gasteiger partial charge < -0.3 is 9.74 Å². The van der Waals surface area contributed by atoms with E-state index < -0.39 is 0 Å². The summed E-state index contributed by atoms with van der Waals surface area (Å²) in [5.74, 6) is -0.0443. The largest absolute Gasteiger partial charge is 0.390 e. The molecule has 1 aliphatic carbocycles. The predicted octanol–water partition coefficient (Wildman–Crippen LogP) is 5.19. The number of rotatable bonds is 6. The molecule has 2 aliphatic rings. The van der Waals surface area contributed by atoms with E-state index in [0.29, 0.717) is 30.2 Å². The molecule has 0 saturated heterocycles. The lowest BCUT2D eigenvalue weighted by atomic mass is 10.0. The Morgan fingerprint density at radius 1 is 1.17 bits per heavy atom. The second-order valence-electron chi connectivity index (χ2n) is 7.81. The summed E-state index contributed by atoms with van der Waals surface area (Å²) in [6, 6.07) is 13.9. The lowest BCUT2D eigenvalue weighted by Gasteiger charge is -2.27. The quantitative estimate of drug-likeness (QED) is 0.652. The summed E-state index contributed by atoms with van der Waals surface area (Å²) in [7, 11) is 0. The van der Waals surface area contributed by atoms with Gasteiger partial charge in [-0.25, -0.2) is 4.39 Å². The first-order valence-corrected chi connectivity index (χ1v) is 10.5. The van der Waals surface area contributed by atoms with Gasteiger partial charge in [-0.2, -0.15) is 0 Å². The van der Waals surface area contributed by atoms with Crippen molar-refractivity contribution in [1.29, 1.82) is 0 Å². The molecule has 1 fully saturated rings. The second kappa shape index (κ2) is 8.95. The molecular formula is C23H24ClFN2O2. The van der Waals surface area contributed by atoms with Gasteiger partial charge in [0.25, 0.3) is 0 Å². The minimum atomic E-state index is -0.298. The Bertz CT molecular complexity index is 911. The number of benzene rings is 2. The number of halogens is 2. The van der Waals surface area contributed by atoms with Crippen molar-refractivity contribution in [3.05, 3.63) is 70.5 Å². The Morgan fingerprint density at radius 3 is 2.72 bits per heavy atom. The molecule has 152 valence electrons. The highest BCUT2D eigenvalue weighted by atomic mass is 35.5. The number of carbonyl (C=O) groups is 1. The van der Waals surface area contributed by atoms with Crippen LogP contribution in [0.15, 0.2) is 53.7 Å². The number of nitrogens with zero attached hydrogens (tertiary/aromatic N) is 2. The molecular weight excluding hydrogens is 391 g/mol. The van der Waals surface area contributed by atoms with Crippen LogP contribution in [0.25, 0.3) is 0 Å². The molecule has 0 radical (unpaired) electrons. The van der Waals surface area contributed by atoms with Crippen LogP contribution >= 0.6 is 11.6 Å². The lowest BCUT2D eigenvalue weighted by molar-refractivity contribution is -0.137. The van der Waals surface area contributed by atoms with Crippen LogP contribution in [0.4, 0.5) is 4.39 Å². The third kappa shape index (κ3) is 4.96. The van der Waals surface area contributed by atoms with Crippen molar-refractivity contribution < 1.29 is 14.0 Å². The molecule has 29 heavy (non-hydrogen) atoms. The highest BCUT2D eigenvalue weighted by Crippen LogP contribution is 2.28. The van der Waals surface area contributed by atoms with E-state index in [1.165, 1.54) is 12.1 Å². The average Bonchev–Trinajstić information content (AvgIpc) is 3.39. The van der Waals surface area contributed by atoms with Gasteiger partial charge in [-0.3, -0.25) is 4.79 Å². The summed E-state index contributed by atoms with van der Waals surface area (Å²) < 4.78 is 13.5. The Balaban J connectivity index is 1.46. The molecule has 4 rings (SSSR count). The minimum absolute atomic E-state index is 0.0826. The van der Waals surface area contributed by atoms with Gasteiger partial charge in [-0.05, 0) is 42.7 Å². The molecule has 1 saturated carbocycles. The Hall–Kier alpha value is -2.40. The van der Waals surface area contributed by atoms with Crippen LogP contribution in [0.1, 0.15) is 43.2 Å². The summed E-state index contributed by atoms with van der Waals surface area (Å²) in [5.41, 5.74) is 2.43. The summed E-state index contributed by atoms with van der Waals surface area (Å²) in [5, 5.41) is 4.81. The van der Waals surface area contributed by atoms with Crippen LogP contribution < -0.4 is 0 Å². The highest BCUT2D eigenvalue weighted by molar-refractivity contribution is 6.30. The third-order valence-electron chi connectivity index (χ3n) is 5.59. The molecule has 2 aromatic carbocycles. The van der Waals surface area contributed by atoms with Gasteiger partial charge in [0, 0.05) is 29.5 Å². The average molecular weight is 415 g/mol. The summed E-state index contributed by atoms with van der Waals surface area (Å²) in [6.07, 6.45) is 4.41. The molecule has 1 atom stereocenters. The zero-order valence-corrected chi connectivity index (χ0v) is 16.9. The molecule has 4 nitrogen and oxygen atoms in total. The first-order chi connectivity index (χ1) is 14.1. The van der Waals surface area contributed by atoms with Crippen molar-refractivity contribution in [1.82, 2.24) is 4.90 Å². The maximum absolute atomic E-state index is 13.5. The Kier molecular flexibility index (Phi) is 6.14. The van der Waals surface area contributed by atoms with Gasteiger partial charge in [-0.15, -0.1) is 0 Å². The fourth-order valence-corrected chi connectivity index (χ4v) is 4.34. The molecule has 0 bridgehead atoms. The monoisotopic (exact) mass is 414 g/mol. The standard InChI is InChI=1S/C23H24ClFN2O2/c24-19-9-3-5-16(11-19)14-27(23(28)17-6-1-2-7-17)15-21-13-22(26-29-21)18-8-4-10-20(25)12-18/h3-5,8-12,17,21H,1-2,6-7,13-15H2/t21-/m1/s1. The van der Waals surface area contributed by atoms with Gasteiger partial charge in [0.2, 0.25) is 5.91 Å². The first kappa shape index (κ1) is 19.9. The van der Waals surface area contributed by atoms with Crippen LogP contribution in [-0.2, 0) is 16.2 Å². The van der Waals surface area contributed by atoms with Gasteiger partial charge in [-0.1, -0.05) is 53.9 Å². The highest BCUT2D eigenvalue weighted by Gasteiger charge is 2.31. The zero-order valence-electron chi connectivity index (χ0n) is 16.2. The van der Waals surface area contributed by atoms with Crippen LogP contribution in [0.3, 0.4) is 0 Å². The van der Waals surface area contributed by atoms with E-state index in [2.05, 4.69) is 5.16 Å². The van der Waals surface area contributed by atoms with Gasteiger partial charge in [0.1, 0.15) is 5.82 Å². The van der Waals surface area contributed by atoms with Crippen LogP contribution in [-0.4, -0.2) is 29.2 Å². The Labute approximate surface area is 175 Å². The molecule has 0 unspecified atom stereocenters. The van der Waals surface area contributed by atoms with Gasteiger partial charge in [0.15, 0.2) is 6.10 Å². The molecule has 2 aromatic rings. The fourth-order valence-electron chi connectivity index (χ4n) is 4.13. The summed E-state index contributed by atoms with van der Waals surface area (Å²) in [4.78, 5) is 20.7. The minimum Gasteiger partial charge on any atom is -0.390 e. The molecule has 0 N–H and O–H groups in total. The molecule has 0 spiro atoms. The molecule has 1 heterocycles. The number of hydrogen-bond acceptors (Lipinski definition) is 3. The van der Waals surface area contributed by atoms with Crippen molar-refractivity contribution in [2.75, 3.05) is 6.54 Å². The topological polar surface area (TPSA) is 41.9 Å². The normalized spacial score (nSPS) is 19.1. The van der Waals surface area contributed by atoms with E-state index in [1.807, 2.05) is 35.2 Å². The van der Waals surface area contributed by atoms with E-state index >= 15 is 0 Å². The van der Waals surface area contributed by atoms with E-state index in [-0.39, 0.29) is 23.7 Å². The van der Waals surface area contributed by atoms with Crippen LogP contribution in [0, 0.1) is 11.7 Å². The number of hydrogen-bond donors (Lipinski definition) is 0. The maximum atomic E-state index is 13.5. The van der Waals surface area contributed by atoms with Gasteiger partial charge in [0.05, 0.1) is 12.3 Å². The van der Waals surface area contributed by atoms with E-state index in [0.717, 1.165) is 36.8 Å². The van der Waals surface area contributed by atoms with E-state index in [4.69, 9.17) is 16.4 Å². The molecule has 1 aliphatic heterocycles. The summed E-state index contributed by atoms with van der Waals surface area (Å²) in [6.45, 7) is 0.940. The predicted molar refractivity (Wildman–Crippen MR) is 111 cm³/mol. The van der Waals surface area contributed by atoms with Crippen molar-refractivity contribution in [2.45, 2.75) is 44.8 Å². The number of carbonyl (C=O) groups excluding carboxylic acids is 1. The van der Waals surface area contributed by atoms with Crippen LogP contribution in [0.5, 0.6) is 0 Å². The molecule has 6 heteroatoms. The van der Waals surface area contributed by atoms with Crippen molar-refractivity contribution in [3.8, 4) is 0 Å². The molecule has 1 amide bonds. The van der Waals surface area contributed by atoms with Crippen molar-refractivity contribution in [2.24, 2.45) is 11.1 Å². The number of oxime groups is 1. The van der Waals surface area contributed by atoms with E-state index in [1.54, 1.807) is 6.07 Å². The first-order valence-electron chi connectivity index (χ1n) is 10.1. The SMILES string of the molecule is O=C(C1CCCC1)N(Cc1cccc(Cl)c1)C[C@H]1CC(c2cccc(F)c2)=NO1. The second-order valence-corrected chi connectivity index (χ2v) is 8.25. The Morgan fingerprint density at radius 2 is 1.97 bits per heavy atom. The van der Waals surface area contributed by atoms with E-state index in [9.17, 15) is 9.18 Å².